The average Bonchev–Trinajstić information content (AvgIpc) is 2.73. The van der Waals surface area contributed by atoms with Gasteiger partial charge in [-0.3, -0.25) is 0 Å². The second-order valence-electron chi connectivity index (χ2n) is 3.91. The van der Waals surface area contributed by atoms with Crippen molar-refractivity contribution in [2.24, 2.45) is 0 Å². The molecule has 0 radical (unpaired) electrons. The monoisotopic (exact) mass is 236 g/mol. The Bertz CT molecular complexity index is 565. The van der Waals surface area contributed by atoms with E-state index in [2.05, 4.69) is 15.6 Å². The van der Waals surface area contributed by atoms with Crippen LogP contribution in [-0.2, 0) is 13.1 Å². The number of hydrogen-bond acceptors (Lipinski definition) is 3. The molecule has 0 spiro atoms. The number of benzene rings is 1. The van der Waals surface area contributed by atoms with Crippen molar-refractivity contribution in [2.75, 3.05) is 6.54 Å². The van der Waals surface area contributed by atoms with Crippen LogP contribution in [0.1, 0.15) is 5.69 Å². The topological polar surface area (TPSA) is 42.7 Å². The van der Waals surface area contributed by atoms with Crippen LogP contribution in [0.15, 0.2) is 18.2 Å². The molecule has 2 heterocycles. The maximum Gasteiger partial charge on any atom is 0.135 e. The predicted molar refractivity (Wildman–Crippen MR) is 57.1 cm³/mol. The SMILES string of the molecule is Fc1ccc(-c2nnn3c2CNCC3)c(F)c1. The van der Waals surface area contributed by atoms with Crippen LogP contribution in [-0.4, -0.2) is 21.5 Å². The minimum atomic E-state index is -0.612. The first-order chi connectivity index (χ1) is 8.25. The Hall–Kier alpha value is -1.82. The quantitative estimate of drug-likeness (QED) is 0.812. The molecule has 1 aromatic carbocycles. The van der Waals surface area contributed by atoms with Crippen LogP contribution in [0.4, 0.5) is 8.78 Å². The third kappa shape index (κ3) is 1.70. The van der Waals surface area contributed by atoms with Crippen molar-refractivity contribution in [3.8, 4) is 11.3 Å². The van der Waals surface area contributed by atoms with E-state index in [9.17, 15) is 8.78 Å². The standard InChI is InChI=1S/C11H10F2N4/c12-7-1-2-8(9(13)5-7)11-10-6-14-3-4-17(10)16-15-11/h1-2,5,14H,3-4,6H2. The highest BCUT2D eigenvalue weighted by molar-refractivity contribution is 5.62. The van der Waals surface area contributed by atoms with Gasteiger partial charge in [-0.15, -0.1) is 5.10 Å². The van der Waals surface area contributed by atoms with Crippen molar-refractivity contribution >= 4 is 0 Å². The molecule has 1 aliphatic rings. The van der Waals surface area contributed by atoms with E-state index in [1.165, 1.54) is 12.1 Å². The molecule has 17 heavy (non-hydrogen) atoms. The van der Waals surface area contributed by atoms with E-state index >= 15 is 0 Å². The van der Waals surface area contributed by atoms with Gasteiger partial charge in [0.15, 0.2) is 0 Å². The van der Waals surface area contributed by atoms with Gasteiger partial charge in [0, 0.05) is 24.7 Å². The van der Waals surface area contributed by atoms with Gasteiger partial charge >= 0.3 is 0 Å². The van der Waals surface area contributed by atoms with E-state index in [1.807, 2.05) is 0 Å². The third-order valence-corrected chi connectivity index (χ3v) is 2.82. The Balaban J connectivity index is 2.12. The van der Waals surface area contributed by atoms with E-state index in [0.29, 0.717) is 18.8 Å². The Morgan fingerprint density at radius 2 is 2.18 bits per heavy atom. The van der Waals surface area contributed by atoms with Crippen LogP contribution in [0.3, 0.4) is 0 Å². The Morgan fingerprint density at radius 3 is 3.00 bits per heavy atom. The first kappa shape index (κ1) is 10.3. The average molecular weight is 236 g/mol. The number of nitrogens with one attached hydrogen (secondary N) is 1. The van der Waals surface area contributed by atoms with Gasteiger partial charge in [0.1, 0.15) is 17.3 Å². The maximum atomic E-state index is 13.6. The fourth-order valence-electron chi connectivity index (χ4n) is 1.97. The molecule has 88 valence electrons. The van der Waals surface area contributed by atoms with Gasteiger partial charge in [0.2, 0.25) is 0 Å². The van der Waals surface area contributed by atoms with Crippen molar-refractivity contribution in [3.63, 3.8) is 0 Å². The molecule has 0 atom stereocenters. The van der Waals surface area contributed by atoms with Gasteiger partial charge in [-0.05, 0) is 12.1 Å². The Kier molecular flexibility index (Phi) is 2.36. The zero-order valence-corrected chi connectivity index (χ0v) is 8.95. The molecule has 0 aliphatic carbocycles. The second kappa shape index (κ2) is 3.89. The minimum absolute atomic E-state index is 0.288. The van der Waals surface area contributed by atoms with E-state index < -0.39 is 11.6 Å². The van der Waals surface area contributed by atoms with E-state index in [1.54, 1.807) is 4.68 Å². The zero-order chi connectivity index (χ0) is 11.8. The lowest BCUT2D eigenvalue weighted by Crippen LogP contribution is -2.28. The third-order valence-electron chi connectivity index (χ3n) is 2.82. The highest BCUT2D eigenvalue weighted by Crippen LogP contribution is 2.25. The summed E-state index contributed by atoms with van der Waals surface area (Å²) < 4.78 is 28.2. The van der Waals surface area contributed by atoms with Gasteiger partial charge < -0.3 is 5.32 Å². The van der Waals surface area contributed by atoms with Gasteiger partial charge in [0.25, 0.3) is 0 Å². The highest BCUT2D eigenvalue weighted by Gasteiger charge is 2.19. The van der Waals surface area contributed by atoms with Gasteiger partial charge in [-0.25, -0.2) is 13.5 Å². The molecule has 3 rings (SSSR count). The van der Waals surface area contributed by atoms with Gasteiger partial charge in [-0.2, -0.15) is 0 Å². The van der Waals surface area contributed by atoms with Crippen LogP contribution < -0.4 is 5.32 Å². The van der Waals surface area contributed by atoms with Crippen molar-refractivity contribution in [1.29, 1.82) is 0 Å². The molecule has 2 aromatic rings. The summed E-state index contributed by atoms with van der Waals surface area (Å²) >= 11 is 0. The van der Waals surface area contributed by atoms with Crippen LogP contribution in [0.25, 0.3) is 11.3 Å². The summed E-state index contributed by atoms with van der Waals surface area (Å²) in [4.78, 5) is 0. The van der Waals surface area contributed by atoms with Crippen LogP contribution in [0.2, 0.25) is 0 Å². The molecule has 0 fully saturated rings. The lowest BCUT2D eigenvalue weighted by Gasteiger charge is -2.14. The second-order valence-corrected chi connectivity index (χ2v) is 3.91. The van der Waals surface area contributed by atoms with E-state index in [4.69, 9.17) is 0 Å². The van der Waals surface area contributed by atoms with Crippen molar-refractivity contribution < 1.29 is 8.78 Å². The van der Waals surface area contributed by atoms with Crippen LogP contribution >= 0.6 is 0 Å². The van der Waals surface area contributed by atoms with Crippen LogP contribution in [0.5, 0.6) is 0 Å². The summed E-state index contributed by atoms with van der Waals surface area (Å²) in [5.74, 6) is -1.20. The lowest BCUT2D eigenvalue weighted by molar-refractivity contribution is 0.468. The molecule has 0 saturated heterocycles. The van der Waals surface area contributed by atoms with E-state index in [0.717, 1.165) is 18.3 Å². The lowest BCUT2D eigenvalue weighted by atomic mass is 10.1. The summed E-state index contributed by atoms with van der Waals surface area (Å²) in [6.07, 6.45) is 0. The molecule has 0 amide bonds. The number of fused-ring (bicyclic) bond motifs is 1. The number of aromatic nitrogens is 3. The molecule has 0 unspecified atom stereocenters. The molecular weight excluding hydrogens is 226 g/mol. The van der Waals surface area contributed by atoms with Crippen molar-refractivity contribution in [2.45, 2.75) is 13.1 Å². The smallest absolute Gasteiger partial charge is 0.135 e. The van der Waals surface area contributed by atoms with Gasteiger partial charge in [0.05, 0.1) is 12.2 Å². The normalized spacial score (nSPS) is 14.7. The molecule has 1 aromatic heterocycles. The van der Waals surface area contributed by atoms with Gasteiger partial charge in [-0.1, -0.05) is 5.21 Å². The molecule has 1 aliphatic heterocycles. The molecule has 4 nitrogen and oxygen atoms in total. The predicted octanol–water partition coefficient (Wildman–Crippen LogP) is 1.33. The first-order valence-corrected chi connectivity index (χ1v) is 5.34. The largest absolute Gasteiger partial charge is 0.309 e. The van der Waals surface area contributed by atoms with E-state index in [-0.39, 0.29) is 5.56 Å². The first-order valence-electron chi connectivity index (χ1n) is 5.34. The van der Waals surface area contributed by atoms with Crippen molar-refractivity contribution in [3.05, 3.63) is 35.5 Å². The number of nitrogens with zero attached hydrogens (tertiary/aromatic N) is 3. The highest BCUT2D eigenvalue weighted by atomic mass is 19.1. The zero-order valence-electron chi connectivity index (χ0n) is 8.95. The molecule has 0 saturated carbocycles. The summed E-state index contributed by atoms with van der Waals surface area (Å²) in [5.41, 5.74) is 1.60. The number of rotatable bonds is 1. The number of hydrogen-bond donors (Lipinski definition) is 1. The Labute approximate surface area is 96.3 Å². The molecule has 1 N–H and O–H groups in total. The molecule has 0 bridgehead atoms. The summed E-state index contributed by atoms with van der Waals surface area (Å²) in [6.45, 7) is 2.13. The summed E-state index contributed by atoms with van der Waals surface area (Å²) in [7, 11) is 0. The Morgan fingerprint density at radius 1 is 1.29 bits per heavy atom. The summed E-state index contributed by atoms with van der Waals surface area (Å²) in [6, 6.07) is 3.47. The minimum Gasteiger partial charge on any atom is -0.309 e. The van der Waals surface area contributed by atoms with Crippen LogP contribution in [0, 0.1) is 11.6 Å². The van der Waals surface area contributed by atoms with Crippen molar-refractivity contribution in [1.82, 2.24) is 20.3 Å². The fraction of sp³-hybridized carbons (Fsp3) is 0.273. The molecular formula is C11H10F2N4. The molecule has 6 heteroatoms. The fourth-order valence-corrected chi connectivity index (χ4v) is 1.97. The number of halogens is 2. The summed E-state index contributed by atoms with van der Waals surface area (Å²) in [5, 5.41) is 11.1. The maximum absolute atomic E-state index is 13.6.